The van der Waals surface area contributed by atoms with Gasteiger partial charge in [-0.3, -0.25) is 0 Å². The van der Waals surface area contributed by atoms with Crippen molar-refractivity contribution < 1.29 is 14.3 Å². The average Bonchev–Trinajstić information content (AvgIpc) is 2.79. The number of aromatic nitrogens is 2. The first-order valence-corrected chi connectivity index (χ1v) is 11.5. The Bertz CT molecular complexity index is 867. The Labute approximate surface area is 185 Å². The zero-order chi connectivity index (χ0) is 22.2. The largest absolute Gasteiger partial charge is 0.461 e. The summed E-state index contributed by atoms with van der Waals surface area (Å²) < 4.78 is 11.1. The molecule has 7 nitrogen and oxygen atoms in total. The molecule has 0 radical (unpaired) electrons. The van der Waals surface area contributed by atoms with Crippen LogP contribution in [0.15, 0.2) is 18.2 Å². The number of anilines is 1. The minimum absolute atomic E-state index is 0.0579. The second kappa shape index (κ2) is 11.4. The van der Waals surface area contributed by atoms with Crippen LogP contribution in [0.4, 0.5) is 5.82 Å². The second-order valence-corrected chi connectivity index (χ2v) is 8.30. The van der Waals surface area contributed by atoms with Gasteiger partial charge in [-0.05, 0) is 50.8 Å². The minimum Gasteiger partial charge on any atom is -0.461 e. The number of hydrogen-bond donors (Lipinski definition) is 2. The summed E-state index contributed by atoms with van der Waals surface area (Å²) in [6.07, 6.45) is 7.27. The van der Waals surface area contributed by atoms with Gasteiger partial charge in [-0.1, -0.05) is 32.3 Å². The third-order valence-corrected chi connectivity index (χ3v) is 6.01. The molecule has 0 bridgehead atoms. The quantitative estimate of drug-likeness (QED) is 0.547. The van der Waals surface area contributed by atoms with Gasteiger partial charge in [0.1, 0.15) is 0 Å². The van der Waals surface area contributed by atoms with Crippen LogP contribution in [0, 0.1) is 6.92 Å². The molecule has 1 aromatic heterocycles. The van der Waals surface area contributed by atoms with E-state index in [9.17, 15) is 4.79 Å². The van der Waals surface area contributed by atoms with Gasteiger partial charge in [0.2, 0.25) is 0 Å². The summed E-state index contributed by atoms with van der Waals surface area (Å²) in [5.41, 5.74) is 2.70. The molecule has 0 amide bonds. The number of ether oxygens (including phenoxy) is 2. The van der Waals surface area contributed by atoms with Gasteiger partial charge in [0.15, 0.2) is 11.5 Å². The van der Waals surface area contributed by atoms with Gasteiger partial charge < -0.3 is 20.1 Å². The summed E-state index contributed by atoms with van der Waals surface area (Å²) >= 11 is 0. The van der Waals surface area contributed by atoms with Gasteiger partial charge in [0.25, 0.3) is 0 Å². The molecule has 31 heavy (non-hydrogen) atoms. The van der Waals surface area contributed by atoms with Crippen LogP contribution in [0.1, 0.15) is 68.4 Å². The molecule has 2 atom stereocenters. The SMILES string of the molecule is CCOC(=O)c1nc2cc(C)ccc2nc1NCC(OC)C(CC)NC1CCCCC1. The van der Waals surface area contributed by atoms with Crippen LogP contribution >= 0.6 is 0 Å². The standard InChI is InChI=1S/C24H36N4O3/c1-5-18(26-17-10-8-7-9-11-17)21(30-4)15-25-23-22(24(29)31-6-2)27-20-14-16(3)12-13-19(20)28-23/h12-14,17-18,21,26H,5-11,15H2,1-4H3,(H,25,28). The molecular weight excluding hydrogens is 392 g/mol. The monoisotopic (exact) mass is 428 g/mol. The molecule has 1 saturated carbocycles. The number of methoxy groups -OCH3 is 1. The highest BCUT2D eigenvalue weighted by molar-refractivity contribution is 5.95. The van der Waals surface area contributed by atoms with E-state index in [1.807, 2.05) is 25.1 Å². The Morgan fingerprint density at radius 3 is 2.61 bits per heavy atom. The third kappa shape index (κ3) is 6.14. The lowest BCUT2D eigenvalue weighted by molar-refractivity contribution is 0.0520. The first-order valence-electron chi connectivity index (χ1n) is 11.5. The van der Waals surface area contributed by atoms with E-state index >= 15 is 0 Å². The number of aryl methyl sites for hydroxylation is 1. The van der Waals surface area contributed by atoms with Crippen molar-refractivity contribution >= 4 is 22.8 Å². The molecule has 0 spiro atoms. The number of esters is 1. The molecule has 2 aromatic rings. The van der Waals surface area contributed by atoms with Crippen LogP contribution in [0.2, 0.25) is 0 Å². The molecular formula is C24H36N4O3. The number of nitrogens with one attached hydrogen (secondary N) is 2. The second-order valence-electron chi connectivity index (χ2n) is 8.30. The summed E-state index contributed by atoms with van der Waals surface area (Å²) in [6.45, 7) is 6.76. The Balaban J connectivity index is 1.78. The van der Waals surface area contributed by atoms with E-state index in [2.05, 4.69) is 27.5 Å². The van der Waals surface area contributed by atoms with Crippen molar-refractivity contribution in [3.8, 4) is 0 Å². The predicted octanol–water partition coefficient (Wildman–Crippen LogP) is 4.24. The Morgan fingerprint density at radius 2 is 1.94 bits per heavy atom. The van der Waals surface area contributed by atoms with Gasteiger partial charge >= 0.3 is 5.97 Å². The summed E-state index contributed by atoms with van der Waals surface area (Å²) in [5.74, 6) is -0.0355. The summed E-state index contributed by atoms with van der Waals surface area (Å²) in [6, 6.07) is 6.61. The first-order chi connectivity index (χ1) is 15.0. The van der Waals surface area contributed by atoms with E-state index < -0.39 is 5.97 Å². The normalized spacial score (nSPS) is 16.8. The maximum absolute atomic E-state index is 12.6. The van der Waals surface area contributed by atoms with E-state index in [-0.39, 0.29) is 24.4 Å². The summed E-state index contributed by atoms with van der Waals surface area (Å²) in [5, 5.41) is 7.12. The highest BCUT2D eigenvalue weighted by Crippen LogP contribution is 2.21. The van der Waals surface area contributed by atoms with Crippen molar-refractivity contribution in [3.05, 3.63) is 29.5 Å². The van der Waals surface area contributed by atoms with Crippen LogP contribution in [-0.2, 0) is 9.47 Å². The third-order valence-electron chi connectivity index (χ3n) is 6.01. The zero-order valence-electron chi connectivity index (χ0n) is 19.2. The fourth-order valence-electron chi connectivity index (χ4n) is 4.28. The Kier molecular flexibility index (Phi) is 8.60. The topological polar surface area (TPSA) is 85.4 Å². The van der Waals surface area contributed by atoms with Crippen LogP contribution in [0.5, 0.6) is 0 Å². The number of carbonyl (C=O) groups excluding carboxylic acids is 1. The van der Waals surface area contributed by atoms with Crippen molar-refractivity contribution in [2.45, 2.75) is 77.5 Å². The fourth-order valence-corrected chi connectivity index (χ4v) is 4.28. The molecule has 7 heteroatoms. The molecule has 2 N–H and O–H groups in total. The molecule has 1 aromatic carbocycles. The number of carbonyl (C=O) groups is 1. The maximum atomic E-state index is 12.6. The van der Waals surface area contributed by atoms with Gasteiger partial charge in [0.05, 0.1) is 23.7 Å². The molecule has 1 aliphatic carbocycles. The van der Waals surface area contributed by atoms with E-state index in [1.165, 1.54) is 32.1 Å². The summed E-state index contributed by atoms with van der Waals surface area (Å²) in [7, 11) is 1.73. The van der Waals surface area contributed by atoms with Crippen LogP contribution in [0.25, 0.3) is 11.0 Å². The van der Waals surface area contributed by atoms with Gasteiger partial charge in [-0.25, -0.2) is 14.8 Å². The number of nitrogens with zero attached hydrogens (tertiary/aromatic N) is 2. The van der Waals surface area contributed by atoms with Crippen molar-refractivity contribution in [1.82, 2.24) is 15.3 Å². The van der Waals surface area contributed by atoms with Gasteiger partial charge in [-0.15, -0.1) is 0 Å². The van der Waals surface area contributed by atoms with E-state index in [1.54, 1.807) is 14.0 Å². The van der Waals surface area contributed by atoms with Gasteiger partial charge in [-0.2, -0.15) is 0 Å². The summed E-state index contributed by atoms with van der Waals surface area (Å²) in [4.78, 5) is 21.8. The highest BCUT2D eigenvalue weighted by atomic mass is 16.5. The van der Waals surface area contributed by atoms with Crippen LogP contribution < -0.4 is 10.6 Å². The van der Waals surface area contributed by atoms with Gasteiger partial charge in [0, 0.05) is 25.7 Å². The molecule has 0 saturated heterocycles. The molecule has 1 fully saturated rings. The smallest absolute Gasteiger partial charge is 0.360 e. The average molecular weight is 429 g/mol. The van der Waals surface area contributed by atoms with Crippen LogP contribution in [0.3, 0.4) is 0 Å². The lowest BCUT2D eigenvalue weighted by Crippen LogP contribution is -2.49. The number of benzene rings is 1. The van der Waals surface area contributed by atoms with Crippen molar-refractivity contribution in [1.29, 1.82) is 0 Å². The molecule has 3 rings (SSSR count). The lowest BCUT2D eigenvalue weighted by atomic mass is 9.94. The number of fused-ring (bicyclic) bond motifs is 1. The van der Waals surface area contributed by atoms with E-state index in [4.69, 9.17) is 9.47 Å². The molecule has 0 aliphatic heterocycles. The molecule has 170 valence electrons. The predicted molar refractivity (Wildman–Crippen MR) is 124 cm³/mol. The maximum Gasteiger partial charge on any atom is 0.360 e. The number of hydrogen-bond acceptors (Lipinski definition) is 7. The Hall–Kier alpha value is -2.25. The molecule has 2 unspecified atom stereocenters. The Morgan fingerprint density at radius 1 is 1.16 bits per heavy atom. The van der Waals surface area contributed by atoms with Crippen molar-refractivity contribution in [2.75, 3.05) is 25.6 Å². The minimum atomic E-state index is -0.470. The zero-order valence-corrected chi connectivity index (χ0v) is 19.2. The fraction of sp³-hybridized carbons (Fsp3) is 0.625. The first kappa shape index (κ1) is 23.4. The van der Waals surface area contributed by atoms with Crippen molar-refractivity contribution in [3.63, 3.8) is 0 Å². The lowest BCUT2D eigenvalue weighted by Gasteiger charge is -2.32. The van der Waals surface area contributed by atoms with Crippen molar-refractivity contribution in [2.24, 2.45) is 0 Å². The number of rotatable bonds is 10. The van der Waals surface area contributed by atoms with E-state index in [0.29, 0.717) is 23.9 Å². The van der Waals surface area contributed by atoms with Crippen LogP contribution in [-0.4, -0.2) is 54.4 Å². The molecule has 1 heterocycles. The molecule has 1 aliphatic rings. The highest BCUT2D eigenvalue weighted by Gasteiger charge is 2.25. The van der Waals surface area contributed by atoms with E-state index in [0.717, 1.165) is 17.5 Å².